The molecule has 20 heavy (non-hydrogen) atoms. The first-order valence-electron chi connectivity index (χ1n) is 6.53. The summed E-state index contributed by atoms with van der Waals surface area (Å²) in [7, 11) is 1.77. The smallest absolute Gasteiger partial charge is 0.255 e. The zero-order valence-corrected chi connectivity index (χ0v) is 12.5. The molecule has 0 aliphatic rings. The Morgan fingerprint density at radius 2 is 2.25 bits per heavy atom. The van der Waals surface area contributed by atoms with Gasteiger partial charge in [-0.15, -0.1) is 11.3 Å². The Bertz CT molecular complexity index is 539. The van der Waals surface area contributed by atoms with Crippen molar-refractivity contribution in [2.45, 2.75) is 19.9 Å². The molecule has 6 heteroatoms. The number of carbonyl (C=O) groups is 1. The highest BCUT2D eigenvalue weighted by Gasteiger charge is 2.13. The molecule has 0 fully saturated rings. The van der Waals surface area contributed by atoms with Crippen molar-refractivity contribution in [3.63, 3.8) is 0 Å². The van der Waals surface area contributed by atoms with Crippen LogP contribution < -0.4 is 5.32 Å². The van der Waals surface area contributed by atoms with E-state index in [1.165, 1.54) is 11.3 Å². The number of carbonyl (C=O) groups excluding carboxylic acids is 1. The van der Waals surface area contributed by atoms with Crippen molar-refractivity contribution >= 4 is 23.1 Å². The molecule has 0 unspecified atom stereocenters. The van der Waals surface area contributed by atoms with Gasteiger partial charge in [-0.2, -0.15) is 0 Å². The van der Waals surface area contributed by atoms with Crippen LogP contribution in [0.5, 0.6) is 0 Å². The second-order valence-corrected chi connectivity index (χ2v) is 5.22. The van der Waals surface area contributed by atoms with Crippen LogP contribution in [0.15, 0.2) is 29.2 Å². The number of nitrogens with one attached hydrogen (secondary N) is 1. The average molecular weight is 290 g/mol. The number of rotatable bonds is 6. The van der Waals surface area contributed by atoms with E-state index in [1.54, 1.807) is 29.7 Å². The lowest BCUT2D eigenvalue weighted by molar-refractivity contribution is 0.0783. The Morgan fingerprint density at radius 3 is 2.85 bits per heavy atom. The van der Waals surface area contributed by atoms with E-state index in [-0.39, 0.29) is 5.91 Å². The summed E-state index contributed by atoms with van der Waals surface area (Å²) in [5, 5.41) is 5.13. The quantitative estimate of drug-likeness (QED) is 0.888. The van der Waals surface area contributed by atoms with Gasteiger partial charge in [0, 0.05) is 25.2 Å². The van der Waals surface area contributed by atoms with Gasteiger partial charge in [-0.25, -0.2) is 9.97 Å². The highest BCUT2D eigenvalue weighted by Crippen LogP contribution is 2.10. The number of anilines is 1. The van der Waals surface area contributed by atoms with E-state index >= 15 is 0 Å². The fraction of sp³-hybridized carbons (Fsp3) is 0.357. The molecule has 2 heterocycles. The summed E-state index contributed by atoms with van der Waals surface area (Å²) < 4.78 is 0. The summed E-state index contributed by atoms with van der Waals surface area (Å²) in [6.45, 7) is 3.49. The molecule has 0 atom stereocenters. The van der Waals surface area contributed by atoms with Crippen molar-refractivity contribution in [1.29, 1.82) is 0 Å². The maximum Gasteiger partial charge on any atom is 0.255 e. The Labute approximate surface area is 122 Å². The third kappa shape index (κ3) is 3.77. The highest BCUT2D eigenvalue weighted by molar-refractivity contribution is 7.07. The summed E-state index contributed by atoms with van der Waals surface area (Å²) >= 11 is 1.53. The number of nitrogens with zero attached hydrogens (tertiary/aromatic N) is 3. The fourth-order valence-corrected chi connectivity index (χ4v) is 2.28. The van der Waals surface area contributed by atoms with Gasteiger partial charge in [0.15, 0.2) is 0 Å². The molecule has 1 N–H and O–H groups in total. The molecule has 0 saturated heterocycles. The van der Waals surface area contributed by atoms with E-state index in [1.807, 2.05) is 11.4 Å². The van der Waals surface area contributed by atoms with Gasteiger partial charge in [0.1, 0.15) is 5.82 Å². The second kappa shape index (κ2) is 7.00. The van der Waals surface area contributed by atoms with Crippen LogP contribution in [0.2, 0.25) is 0 Å². The third-order valence-corrected chi connectivity index (χ3v) is 3.43. The van der Waals surface area contributed by atoms with E-state index in [0.29, 0.717) is 12.1 Å². The number of hydrogen-bond donors (Lipinski definition) is 1. The van der Waals surface area contributed by atoms with Crippen LogP contribution in [0.1, 0.15) is 29.4 Å². The molecule has 0 aromatic carbocycles. The molecule has 2 rings (SSSR count). The molecule has 0 saturated carbocycles. The normalized spacial score (nSPS) is 10.3. The van der Waals surface area contributed by atoms with Crippen molar-refractivity contribution in [2.75, 3.05) is 18.9 Å². The van der Waals surface area contributed by atoms with Gasteiger partial charge in [-0.3, -0.25) is 4.79 Å². The summed E-state index contributed by atoms with van der Waals surface area (Å²) in [4.78, 5) is 22.3. The maximum absolute atomic E-state index is 12.2. The monoisotopic (exact) mass is 290 g/mol. The van der Waals surface area contributed by atoms with E-state index in [9.17, 15) is 4.79 Å². The molecule has 2 aromatic heterocycles. The van der Waals surface area contributed by atoms with Crippen molar-refractivity contribution in [2.24, 2.45) is 0 Å². The van der Waals surface area contributed by atoms with Crippen LogP contribution in [0.3, 0.4) is 0 Å². The lowest BCUT2D eigenvalue weighted by Gasteiger charge is -2.15. The van der Waals surface area contributed by atoms with Crippen LogP contribution in [-0.4, -0.2) is 34.4 Å². The number of hydrogen-bond acceptors (Lipinski definition) is 5. The number of amides is 1. The minimum Gasteiger partial charge on any atom is -0.370 e. The van der Waals surface area contributed by atoms with Gasteiger partial charge in [0.2, 0.25) is 0 Å². The van der Waals surface area contributed by atoms with Crippen LogP contribution in [-0.2, 0) is 6.54 Å². The maximum atomic E-state index is 12.2. The van der Waals surface area contributed by atoms with E-state index in [0.717, 1.165) is 24.5 Å². The Morgan fingerprint density at radius 1 is 1.40 bits per heavy atom. The Kier molecular flexibility index (Phi) is 5.06. The molecule has 5 nitrogen and oxygen atoms in total. The Hall–Kier alpha value is -1.95. The van der Waals surface area contributed by atoms with E-state index in [4.69, 9.17) is 0 Å². The lowest BCUT2D eigenvalue weighted by atomic mass is 10.2. The molecule has 1 amide bonds. The molecule has 0 radical (unpaired) electrons. The molecule has 0 spiro atoms. The first kappa shape index (κ1) is 14.5. The first-order valence-corrected chi connectivity index (χ1v) is 7.47. The van der Waals surface area contributed by atoms with Crippen LogP contribution in [0.4, 0.5) is 5.82 Å². The van der Waals surface area contributed by atoms with Gasteiger partial charge in [0.05, 0.1) is 23.3 Å². The SMILES string of the molecule is CCCNc1ccc(C(=O)N(C)Cc2cscn2)cn1. The summed E-state index contributed by atoms with van der Waals surface area (Å²) in [5.74, 6) is 0.748. The topological polar surface area (TPSA) is 58.1 Å². The van der Waals surface area contributed by atoms with Gasteiger partial charge in [0.25, 0.3) is 5.91 Å². The van der Waals surface area contributed by atoms with Crippen molar-refractivity contribution in [3.05, 3.63) is 40.5 Å². The van der Waals surface area contributed by atoms with Gasteiger partial charge in [-0.1, -0.05) is 6.92 Å². The molecular formula is C14H18N4OS. The third-order valence-electron chi connectivity index (χ3n) is 2.80. The predicted octanol–water partition coefficient (Wildman–Crippen LogP) is 2.63. The summed E-state index contributed by atoms with van der Waals surface area (Å²) in [5.41, 5.74) is 3.26. The fourth-order valence-electron chi connectivity index (χ4n) is 1.73. The largest absolute Gasteiger partial charge is 0.370 e. The molecule has 0 aliphatic carbocycles. The molecular weight excluding hydrogens is 272 g/mol. The first-order chi connectivity index (χ1) is 9.70. The zero-order chi connectivity index (χ0) is 14.4. The van der Waals surface area contributed by atoms with Gasteiger partial charge >= 0.3 is 0 Å². The predicted molar refractivity (Wildman–Crippen MR) is 80.9 cm³/mol. The van der Waals surface area contributed by atoms with Crippen LogP contribution in [0.25, 0.3) is 0 Å². The minimum atomic E-state index is -0.0486. The number of aromatic nitrogens is 2. The highest BCUT2D eigenvalue weighted by atomic mass is 32.1. The van der Waals surface area contributed by atoms with E-state index in [2.05, 4.69) is 22.2 Å². The summed E-state index contributed by atoms with van der Waals surface area (Å²) in [6.07, 6.45) is 2.65. The molecule has 0 bridgehead atoms. The Balaban J connectivity index is 1.97. The number of pyridine rings is 1. The lowest BCUT2D eigenvalue weighted by Crippen LogP contribution is -2.26. The molecule has 2 aromatic rings. The molecule has 0 aliphatic heterocycles. The van der Waals surface area contributed by atoms with Gasteiger partial charge < -0.3 is 10.2 Å². The summed E-state index contributed by atoms with van der Waals surface area (Å²) in [6, 6.07) is 3.63. The zero-order valence-electron chi connectivity index (χ0n) is 11.7. The second-order valence-electron chi connectivity index (χ2n) is 4.50. The van der Waals surface area contributed by atoms with Crippen molar-refractivity contribution in [1.82, 2.24) is 14.9 Å². The minimum absolute atomic E-state index is 0.0486. The average Bonchev–Trinajstić information content (AvgIpc) is 2.97. The van der Waals surface area contributed by atoms with Crippen molar-refractivity contribution in [3.8, 4) is 0 Å². The molecule has 106 valence electrons. The van der Waals surface area contributed by atoms with Crippen molar-refractivity contribution < 1.29 is 4.79 Å². The van der Waals surface area contributed by atoms with Crippen LogP contribution in [0, 0.1) is 0 Å². The number of thiazole rings is 1. The van der Waals surface area contributed by atoms with Gasteiger partial charge in [-0.05, 0) is 18.6 Å². The van der Waals surface area contributed by atoms with E-state index < -0.39 is 0 Å². The van der Waals surface area contributed by atoms with Crippen LogP contribution >= 0.6 is 11.3 Å². The standard InChI is InChI=1S/C14H18N4OS/c1-3-6-15-13-5-4-11(7-16-13)14(19)18(2)8-12-9-20-10-17-12/h4-5,7,9-10H,3,6,8H2,1-2H3,(H,15,16).